The third-order valence-electron chi connectivity index (χ3n) is 3.35. The summed E-state index contributed by atoms with van der Waals surface area (Å²) in [5.41, 5.74) is 2.99. The summed E-state index contributed by atoms with van der Waals surface area (Å²) in [6.07, 6.45) is 5.19. The van der Waals surface area contributed by atoms with Crippen molar-refractivity contribution in [3.05, 3.63) is 60.0 Å². The average molecular weight is 332 g/mol. The van der Waals surface area contributed by atoms with Crippen LogP contribution in [-0.2, 0) is 15.6 Å². The molecule has 3 rings (SSSR count). The molecule has 0 radical (unpaired) electrons. The van der Waals surface area contributed by atoms with Gasteiger partial charge in [0, 0.05) is 29.3 Å². The van der Waals surface area contributed by atoms with Gasteiger partial charge in [-0.25, -0.2) is 13.4 Å². The molecule has 0 saturated heterocycles. The van der Waals surface area contributed by atoms with Gasteiger partial charge in [0.05, 0.1) is 10.6 Å². The third-order valence-corrected chi connectivity index (χ3v) is 5.74. The predicted molar refractivity (Wildman–Crippen MR) is 89.0 cm³/mol. The Labute approximate surface area is 134 Å². The van der Waals surface area contributed by atoms with E-state index in [1.54, 1.807) is 12.1 Å². The van der Waals surface area contributed by atoms with Crippen LogP contribution in [0.3, 0.4) is 0 Å². The summed E-state index contributed by atoms with van der Waals surface area (Å²) < 4.78 is 25.6. The number of hydrogen-bond donors (Lipinski definition) is 0. The topological polar surface area (TPSA) is 51.4 Å². The molecule has 0 aliphatic carbocycles. The Morgan fingerprint density at radius 1 is 1.18 bits per heavy atom. The van der Waals surface area contributed by atoms with Gasteiger partial charge in [0.1, 0.15) is 5.65 Å². The van der Waals surface area contributed by atoms with Crippen LogP contribution in [0.2, 0.25) is 0 Å². The highest BCUT2D eigenvalue weighted by molar-refractivity contribution is 7.99. The van der Waals surface area contributed by atoms with Crippen LogP contribution in [0.5, 0.6) is 0 Å². The number of benzene rings is 1. The fraction of sp³-hybridized carbons (Fsp3) is 0.188. The summed E-state index contributed by atoms with van der Waals surface area (Å²) in [6, 6.07) is 11.1. The summed E-state index contributed by atoms with van der Waals surface area (Å²) in [4.78, 5) is 5.75. The lowest BCUT2D eigenvalue weighted by atomic mass is 10.3. The zero-order valence-corrected chi connectivity index (χ0v) is 14.0. The predicted octanol–water partition coefficient (Wildman–Crippen LogP) is 3.34. The lowest BCUT2D eigenvalue weighted by molar-refractivity contribution is 0.600. The zero-order chi connectivity index (χ0) is 15.7. The van der Waals surface area contributed by atoms with E-state index in [0.29, 0.717) is 10.6 Å². The van der Waals surface area contributed by atoms with E-state index >= 15 is 0 Å². The molecule has 0 saturated carbocycles. The molecule has 4 nitrogen and oxygen atoms in total. The number of hydrogen-bond acceptors (Lipinski definition) is 4. The summed E-state index contributed by atoms with van der Waals surface area (Å²) in [5.74, 6) is 0.633. The van der Waals surface area contributed by atoms with E-state index in [4.69, 9.17) is 0 Å². The van der Waals surface area contributed by atoms with Crippen LogP contribution in [0.1, 0.15) is 11.3 Å². The molecule has 114 valence electrons. The number of fused-ring (bicyclic) bond motifs is 1. The summed E-state index contributed by atoms with van der Waals surface area (Å²) in [6.45, 7) is 2.03. The molecule has 6 heteroatoms. The van der Waals surface area contributed by atoms with Crippen molar-refractivity contribution in [3.8, 4) is 0 Å². The SMILES string of the molecule is Cc1cccn2cc(CSc3ccccc3S(C)(=O)=O)nc12. The molecule has 0 amide bonds. The van der Waals surface area contributed by atoms with Crippen molar-refractivity contribution in [2.24, 2.45) is 0 Å². The van der Waals surface area contributed by atoms with Gasteiger partial charge < -0.3 is 4.40 Å². The molecular formula is C16H16N2O2S2. The molecule has 0 unspecified atom stereocenters. The number of nitrogens with zero attached hydrogens (tertiary/aromatic N) is 2. The Morgan fingerprint density at radius 2 is 1.95 bits per heavy atom. The fourth-order valence-electron chi connectivity index (χ4n) is 2.30. The van der Waals surface area contributed by atoms with Crippen LogP contribution >= 0.6 is 11.8 Å². The Bertz CT molecular complexity index is 930. The second-order valence-electron chi connectivity index (χ2n) is 5.16. The minimum Gasteiger partial charge on any atom is -0.307 e. The number of sulfone groups is 1. The normalized spacial score (nSPS) is 11.9. The number of thioether (sulfide) groups is 1. The molecule has 2 heterocycles. The minimum atomic E-state index is -3.22. The van der Waals surface area contributed by atoms with Crippen molar-refractivity contribution in [1.82, 2.24) is 9.38 Å². The Balaban J connectivity index is 1.87. The molecular weight excluding hydrogens is 316 g/mol. The van der Waals surface area contributed by atoms with E-state index in [1.165, 1.54) is 18.0 Å². The quantitative estimate of drug-likeness (QED) is 0.688. The maximum absolute atomic E-state index is 11.8. The highest BCUT2D eigenvalue weighted by Crippen LogP contribution is 2.29. The molecule has 0 spiro atoms. The molecule has 0 fully saturated rings. The first-order valence-corrected chi connectivity index (χ1v) is 9.68. The van der Waals surface area contributed by atoms with Crippen LogP contribution in [0, 0.1) is 6.92 Å². The standard InChI is InChI=1S/C16H16N2O2S2/c1-12-6-5-9-18-10-13(17-16(12)18)11-21-14-7-3-4-8-15(14)22(2,19)20/h3-10H,11H2,1-2H3. The Morgan fingerprint density at radius 3 is 2.68 bits per heavy atom. The smallest absolute Gasteiger partial charge is 0.176 e. The van der Waals surface area contributed by atoms with Gasteiger partial charge in [0.25, 0.3) is 0 Å². The van der Waals surface area contributed by atoms with E-state index in [9.17, 15) is 8.42 Å². The summed E-state index contributed by atoms with van der Waals surface area (Å²) in [7, 11) is -3.22. The first-order valence-electron chi connectivity index (χ1n) is 6.80. The van der Waals surface area contributed by atoms with Gasteiger partial charge in [0.15, 0.2) is 9.84 Å². The summed E-state index contributed by atoms with van der Waals surface area (Å²) >= 11 is 1.49. The monoisotopic (exact) mass is 332 g/mol. The highest BCUT2D eigenvalue weighted by atomic mass is 32.2. The second-order valence-corrected chi connectivity index (χ2v) is 8.16. The molecule has 22 heavy (non-hydrogen) atoms. The van der Waals surface area contributed by atoms with Gasteiger partial charge in [-0.2, -0.15) is 0 Å². The van der Waals surface area contributed by atoms with Gasteiger partial charge in [0.2, 0.25) is 0 Å². The lowest BCUT2D eigenvalue weighted by Gasteiger charge is -2.06. The molecule has 2 aromatic heterocycles. The van der Waals surface area contributed by atoms with Crippen molar-refractivity contribution in [3.63, 3.8) is 0 Å². The van der Waals surface area contributed by atoms with Gasteiger partial charge in [-0.05, 0) is 30.7 Å². The van der Waals surface area contributed by atoms with Crippen LogP contribution in [0.4, 0.5) is 0 Å². The molecule has 0 aliphatic heterocycles. The number of pyridine rings is 1. The Kier molecular flexibility index (Phi) is 3.97. The van der Waals surface area contributed by atoms with E-state index in [1.807, 2.05) is 48.0 Å². The lowest BCUT2D eigenvalue weighted by Crippen LogP contribution is -1.99. The first kappa shape index (κ1) is 15.1. The van der Waals surface area contributed by atoms with Crippen molar-refractivity contribution >= 4 is 27.2 Å². The molecule has 0 atom stereocenters. The maximum Gasteiger partial charge on any atom is 0.176 e. The molecule has 0 bridgehead atoms. The number of rotatable bonds is 4. The summed E-state index contributed by atoms with van der Waals surface area (Å²) in [5, 5.41) is 0. The molecule has 1 aromatic carbocycles. The Hall–Kier alpha value is -1.79. The minimum absolute atomic E-state index is 0.375. The van der Waals surface area contributed by atoms with Crippen LogP contribution in [0.25, 0.3) is 5.65 Å². The largest absolute Gasteiger partial charge is 0.307 e. The van der Waals surface area contributed by atoms with Crippen molar-refractivity contribution in [2.45, 2.75) is 22.5 Å². The third kappa shape index (κ3) is 3.03. The van der Waals surface area contributed by atoms with Gasteiger partial charge in [-0.1, -0.05) is 18.2 Å². The van der Waals surface area contributed by atoms with E-state index in [2.05, 4.69) is 4.98 Å². The van der Waals surface area contributed by atoms with Gasteiger partial charge >= 0.3 is 0 Å². The average Bonchev–Trinajstić information content (AvgIpc) is 2.89. The van der Waals surface area contributed by atoms with Crippen molar-refractivity contribution in [1.29, 1.82) is 0 Å². The zero-order valence-electron chi connectivity index (χ0n) is 12.4. The number of aryl methyl sites for hydroxylation is 1. The van der Waals surface area contributed by atoms with E-state index < -0.39 is 9.84 Å². The van der Waals surface area contributed by atoms with Crippen LogP contribution < -0.4 is 0 Å². The first-order chi connectivity index (χ1) is 10.4. The van der Waals surface area contributed by atoms with Crippen molar-refractivity contribution in [2.75, 3.05) is 6.26 Å². The molecule has 0 N–H and O–H groups in total. The van der Waals surface area contributed by atoms with Crippen LogP contribution in [-0.4, -0.2) is 24.1 Å². The molecule has 0 aliphatic rings. The molecule has 3 aromatic rings. The van der Waals surface area contributed by atoms with Gasteiger partial charge in [-0.3, -0.25) is 0 Å². The van der Waals surface area contributed by atoms with E-state index in [0.717, 1.165) is 21.8 Å². The van der Waals surface area contributed by atoms with Crippen molar-refractivity contribution < 1.29 is 8.42 Å². The highest BCUT2D eigenvalue weighted by Gasteiger charge is 2.13. The second kappa shape index (κ2) is 5.78. The fourth-order valence-corrected chi connectivity index (χ4v) is 4.52. The maximum atomic E-state index is 11.8. The van der Waals surface area contributed by atoms with Crippen LogP contribution in [0.15, 0.2) is 58.6 Å². The van der Waals surface area contributed by atoms with Gasteiger partial charge in [-0.15, -0.1) is 11.8 Å². The van der Waals surface area contributed by atoms with E-state index in [-0.39, 0.29) is 0 Å². The number of imidazole rings is 1. The number of aromatic nitrogens is 2.